The van der Waals surface area contributed by atoms with Gasteiger partial charge in [0.25, 0.3) is 0 Å². The molecular weight excluding hydrogens is 262 g/mol. The number of anilines is 2. The first-order chi connectivity index (χ1) is 10.3. The molecule has 0 aliphatic heterocycles. The summed E-state index contributed by atoms with van der Waals surface area (Å²) in [4.78, 5) is 11.7. The Labute approximate surface area is 126 Å². The summed E-state index contributed by atoms with van der Waals surface area (Å²) in [6.07, 6.45) is 10.2. The number of hydrogen-bond acceptors (Lipinski definition) is 2. The zero-order valence-electron chi connectivity index (χ0n) is 12.5. The fourth-order valence-electron chi connectivity index (χ4n) is 2.89. The van der Waals surface area contributed by atoms with E-state index in [4.69, 9.17) is 0 Å². The van der Waals surface area contributed by atoms with Gasteiger partial charge in [-0.1, -0.05) is 25.7 Å². The van der Waals surface area contributed by atoms with E-state index in [1.807, 2.05) is 12.1 Å². The van der Waals surface area contributed by atoms with Gasteiger partial charge in [-0.3, -0.25) is 0 Å². The topological polar surface area (TPSA) is 53.2 Å². The quantitative estimate of drug-likeness (QED) is 0.730. The van der Waals surface area contributed by atoms with Crippen molar-refractivity contribution >= 4 is 17.4 Å². The molecule has 114 valence electrons. The predicted octanol–water partition coefficient (Wildman–Crippen LogP) is 4.11. The van der Waals surface area contributed by atoms with Crippen molar-refractivity contribution in [2.45, 2.75) is 63.5 Å². The molecule has 0 spiro atoms. The van der Waals surface area contributed by atoms with Crippen molar-refractivity contribution < 1.29 is 4.79 Å². The van der Waals surface area contributed by atoms with E-state index >= 15 is 0 Å². The third kappa shape index (κ3) is 4.66. The highest BCUT2D eigenvalue weighted by Gasteiger charge is 2.23. The molecule has 0 aromatic heterocycles. The van der Waals surface area contributed by atoms with Crippen LogP contribution in [0.2, 0.25) is 0 Å². The second kappa shape index (κ2) is 6.83. The lowest BCUT2D eigenvalue weighted by atomic mass is 10.1. The Morgan fingerprint density at radius 1 is 0.810 bits per heavy atom. The van der Waals surface area contributed by atoms with E-state index in [1.54, 1.807) is 0 Å². The van der Waals surface area contributed by atoms with E-state index < -0.39 is 0 Å². The minimum absolute atomic E-state index is 0.0954. The molecule has 2 aliphatic rings. The van der Waals surface area contributed by atoms with Crippen LogP contribution in [0.4, 0.5) is 16.2 Å². The number of rotatable bonds is 4. The Balaban J connectivity index is 1.49. The normalized spacial score (nSPS) is 19.6. The first kappa shape index (κ1) is 14.2. The van der Waals surface area contributed by atoms with E-state index in [-0.39, 0.29) is 6.03 Å². The summed E-state index contributed by atoms with van der Waals surface area (Å²) < 4.78 is 0. The molecule has 4 heteroatoms. The fourth-order valence-corrected chi connectivity index (χ4v) is 2.89. The Kier molecular flexibility index (Phi) is 4.63. The molecule has 2 aliphatic carbocycles. The van der Waals surface area contributed by atoms with E-state index in [9.17, 15) is 4.79 Å². The molecule has 21 heavy (non-hydrogen) atoms. The molecule has 1 aromatic rings. The van der Waals surface area contributed by atoms with Gasteiger partial charge in [0.05, 0.1) is 0 Å². The van der Waals surface area contributed by atoms with Crippen LogP contribution in [0.15, 0.2) is 24.3 Å². The lowest BCUT2D eigenvalue weighted by Gasteiger charge is -2.18. The maximum atomic E-state index is 11.7. The van der Waals surface area contributed by atoms with Crippen LogP contribution in [0, 0.1) is 0 Å². The summed E-state index contributed by atoms with van der Waals surface area (Å²) in [6.45, 7) is 0. The van der Waals surface area contributed by atoms with Gasteiger partial charge in [-0.25, -0.2) is 4.79 Å². The van der Waals surface area contributed by atoms with Crippen molar-refractivity contribution in [2.24, 2.45) is 0 Å². The number of benzene rings is 1. The van der Waals surface area contributed by atoms with Crippen LogP contribution in [0.5, 0.6) is 0 Å². The highest BCUT2D eigenvalue weighted by Crippen LogP contribution is 2.22. The molecule has 0 unspecified atom stereocenters. The number of nitrogens with one attached hydrogen (secondary N) is 3. The lowest BCUT2D eigenvalue weighted by molar-refractivity contribution is 0.251. The average molecular weight is 287 g/mol. The molecule has 2 amide bonds. The third-order valence-corrected chi connectivity index (χ3v) is 4.28. The van der Waals surface area contributed by atoms with Gasteiger partial charge in [0.15, 0.2) is 0 Å². The van der Waals surface area contributed by atoms with Gasteiger partial charge in [0.1, 0.15) is 0 Å². The van der Waals surface area contributed by atoms with Crippen molar-refractivity contribution in [3.8, 4) is 0 Å². The summed E-state index contributed by atoms with van der Waals surface area (Å²) in [5.74, 6) is 0. The van der Waals surface area contributed by atoms with E-state index in [1.165, 1.54) is 38.5 Å². The number of carbonyl (C=O) groups excluding carboxylic acids is 1. The predicted molar refractivity (Wildman–Crippen MR) is 86.7 cm³/mol. The standard InChI is InChI=1S/C17H25N3O/c21-17(20-16-11-12-16)19-15-9-7-14(8-10-15)18-13-5-3-1-2-4-6-13/h7-10,13,16,18H,1-6,11-12H2,(H2,19,20,21). The zero-order chi connectivity index (χ0) is 14.5. The minimum atomic E-state index is -0.0954. The van der Waals surface area contributed by atoms with Crippen LogP contribution in [0.1, 0.15) is 51.4 Å². The summed E-state index contributed by atoms with van der Waals surface area (Å²) in [5.41, 5.74) is 2.00. The summed E-state index contributed by atoms with van der Waals surface area (Å²) in [6, 6.07) is 8.93. The Morgan fingerprint density at radius 3 is 2.05 bits per heavy atom. The number of hydrogen-bond donors (Lipinski definition) is 3. The number of carbonyl (C=O) groups is 1. The first-order valence-corrected chi connectivity index (χ1v) is 8.24. The summed E-state index contributed by atoms with van der Waals surface area (Å²) in [7, 11) is 0. The number of amides is 2. The second-order valence-electron chi connectivity index (χ2n) is 6.28. The van der Waals surface area contributed by atoms with Crippen molar-refractivity contribution in [3.63, 3.8) is 0 Å². The summed E-state index contributed by atoms with van der Waals surface area (Å²) >= 11 is 0. The maximum absolute atomic E-state index is 11.7. The molecule has 0 saturated heterocycles. The van der Waals surface area contributed by atoms with E-state index in [2.05, 4.69) is 28.1 Å². The molecule has 3 rings (SSSR count). The van der Waals surface area contributed by atoms with Crippen LogP contribution in [0.3, 0.4) is 0 Å². The minimum Gasteiger partial charge on any atom is -0.382 e. The van der Waals surface area contributed by atoms with Crippen molar-refractivity contribution in [3.05, 3.63) is 24.3 Å². The van der Waals surface area contributed by atoms with E-state index in [0.29, 0.717) is 12.1 Å². The van der Waals surface area contributed by atoms with Crippen molar-refractivity contribution in [2.75, 3.05) is 10.6 Å². The fraction of sp³-hybridized carbons (Fsp3) is 0.588. The molecule has 0 bridgehead atoms. The van der Waals surface area contributed by atoms with Crippen LogP contribution in [-0.4, -0.2) is 18.1 Å². The monoisotopic (exact) mass is 287 g/mol. The SMILES string of the molecule is O=C(Nc1ccc(NC2CCCCCC2)cc1)NC1CC1. The highest BCUT2D eigenvalue weighted by molar-refractivity contribution is 5.89. The first-order valence-electron chi connectivity index (χ1n) is 8.24. The molecule has 3 N–H and O–H groups in total. The highest BCUT2D eigenvalue weighted by atomic mass is 16.2. The van der Waals surface area contributed by atoms with Crippen LogP contribution < -0.4 is 16.0 Å². The van der Waals surface area contributed by atoms with Crippen molar-refractivity contribution in [1.82, 2.24) is 5.32 Å². The Bertz CT molecular complexity index is 459. The average Bonchev–Trinajstić information content (AvgIpc) is 3.29. The Morgan fingerprint density at radius 2 is 1.43 bits per heavy atom. The van der Waals surface area contributed by atoms with Gasteiger partial charge in [-0.15, -0.1) is 0 Å². The molecule has 2 saturated carbocycles. The third-order valence-electron chi connectivity index (χ3n) is 4.28. The van der Waals surface area contributed by atoms with Gasteiger partial charge in [-0.05, 0) is 49.9 Å². The molecule has 0 heterocycles. The molecule has 4 nitrogen and oxygen atoms in total. The van der Waals surface area contributed by atoms with Crippen LogP contribution in [-0.2, 0) is 0 Å². The second-order valence-corrected chi connectivity index (χ2v) is 6.28. The molecule has 0 radical (unpaired) electrons. The maximum Gasteiger partial charge on any atom is 0.319 e. The van der Waals surface area contributed by atoms with Crippen LogP contribution in [0.25, 0.3) is 0 Å². The zero-order valence-corrected chi connectivity index (χ0v) is 12.5. The molecule has 2 fully saturated rings. The van der Waals surface area contributed by atoms with Gasteiger partial charge < -0.3 is 16.0 Å². The smallest absolute Gasteiger partial charge is 0.319 e. The lowest BCUT2D eigenvalue weighted by Crippen LogP contribution is -2.30. The molecule has 1 aromatic carbocycles. The molecular formula is C17H25N3O. The van der Waals surface area contributed by atoms with Gasteiger partial charge >= 0.3 is 6.03 Å². The largest absolute Gasteiger partial charge is 0.382 e. The van der Waals surface area contributed by atoms with Crippen molar-refractivity contribution in [1.29, 1.82) is 0 Å². The van der Waals surface area contributed by atoms with Crippen LogP contribution >= 0.6 is 0 Å². The van der Waals surface area contributed by atoms with Gasteiger partial charge in [-0.2, -0.15) is 0 Å². The van der Waals surface area contributed by atoms with E-state index in [0.717, 1.165) is 24.2 Å². The van der Waals surface area contributed by atoms with Gasteiger partial charge in [0, 0.05) is 23.5 Å². The molecule has 0 atom stereocenters. The van der Waals surface area contributed by atoms with Gasteiger partial charge in [0.2, 0.25) is 0 Å². The summed E-state index contributed by atoms with van der Waals surface area (Å²) in [5, 5.41) is 9.42. The number of urea groups is 1. The Hall–Kier alpha value is -1.71.